The van der Waals surface area contributed by atoms with Crippen molar-refractivity contribution in [1.82, 2.24) is 5.32 Å². The molecule has 0 unspecified atom stereocenters. The van der Waals surface area contributed by atoms with E-state index in [-0.39, 0.29) is 0 Å². The molecule has 84 valence electrons. The Morgan fingerprint density at radius 3 is 2.20 bits per heavy atom. The molecule has 0 atom stereocenters. The minimum absolute atomic E-state index is 1.10. The van der Waals surface area contributed by atoms with Gasteiger partial charge >= 0.3 is 0 Å². The SMILES string of the molecule is C=Cc1cccc(CC)c1CC.CNC. The Labute approximate surface area is 94.2 Å². The number of hydrogen-bond donors (Lipinski definition) is 1. The third kappa shape index (κ3) is 4.30. The van der Waals surface area contributed by atoms with E-state index < -0.39 is 0 Å². The molecule has 0 saturated carbocycles. The van der Waals surface area contributed by atoms with Crippen molar-refractivity contribution in [3.63, 3.8) is 0 Å². The van der Waals surface area contributed by atoms with Crippen LogP contribution in [0.3, 0.4) is 0 Å². The van der Waals surface area contributed by atoms with Gasteiger partial charge in [0.05, 0.1) is 0 Å². The van der Waals surface area contributed by atoms with Crippen LogP contribution in [-0.4, -0.2) is 14.1 Å². The van der Waals surface area contributed by atoms with Gasteiger partial charge in [-0.3, -0.25) is 0 Å². The van der Waals surface area contributed by atoms with Gasteiger partial charge in [0, 0.05) is 0 Å². The molecule has 0 aliphatic carbocycles. The van der Waals surface area contributed by atoms with Crippen LogP contribution in [0.25, 0.3) is 6.08 Å². The van der Waals surface area contributed by atoms with Gasteiger partial charge in [0.2, 0.25) is 0 Å². The van der Waals surface area contributed by atoms with Crippen molar-refractivity contribution in [2.24, 2.45) is 0 Å². The first-order chi connectivity index (χ1) is 7.24. The first-order valence-electron chi connectivity index (χ1n) is 5.56. The first-order valence-corrected chi connectivity index (χ1v) is 5.56. The van der Waals surface area contributed by atoms with Gasteiger partial charge in [-0.1, -0.05) is 44.7 Å². The van der Waals surface area contributed by atoms with Gasteiger partial charge in [-0.15, -0.1) is 0 Å². The molecule has 1 nitrogen and oxygen atoms in total. The molecule has 0 heterocycles. The minimum Gasteiger partial charge on any atom is -0.323 e. The van der Waals surface area contributed by atoms with Crippen molar-refractivity contribution < 1.29 is 0 Å². The van der Waals surface area contributed by atoms with E-state index in [0.29, 0.717) is 0 Å². The molecular formula is C14H23N. The van der Waals surface area contributed by atoms with E-state index >= 15 is 0 Å². The Bertz CT molecular complexity index is 289. The molecule has 0 amide bonds. The summed E-state index contributed by atoms with van der Waals surface area (Å²) in [5.74, 6) is 0. The van der Waals surface area contributed by atoms with E-state index in [1.807, 2.05) is 20.2 Å². The molecule has 0 saturated heterocycles. The maximum absolute atomic E-state index is 3.81. The molecule has 0 bridgehead atoms. The predicted molar refractivity (Wildman–Crippen MR) is 70.3 cm³/mol. The number of rotatable bonds is 3. The highest BCUT2D eigenvalue weighted by Crippen LogP contribution is 2.17. The predicted octanol–water partition coefficient (Wildman–Crippen LogP) is 3.29. The lowest BCUT2D eigenvalue weighted by Gasteiger charge is -2.08. The van der Waals surface area contributed by atoms with Crippen molar-refractivity contribution in [3.05, 3.63) is 41.5 Å². The highest BCUT2D eigenvalue weighted by Gasteiger charge is 2.01. The normalized spacial score (nSPS) is 9.07. The van der Waals surface area contributed by atoms with E-state index in [9.17, 15) is 0 Å². The summed E-state index contributed by atoms with van der Waals surface area (Å²) < 4.78 is 0. The largest absolute Gasteiger partial charge is 0.323 e. The first kappa shape index (κ1) is 13.9. The number of aryl methyl sites for hydroxylation is 1. The molecule has 1 N–H and O–H groups in total. The molecule has 15 heavy (non-hydrogen) atoms. The Hall–Kier alpha value is -1.08. The molecular weight excluding hydrogens is 182 g/mol. The molecule has 0 aliphatic rings. The maximum atomic E-state index is 3.81. The van der Waals surface area contributed by atoms with Crippen LogP contribution in [0.1, 0.15) is 30.5 Å². The zero-order valence-electron chi connectivity index (χ0n) is 10.4. The lowest BCUT2D eigenvalue weighted by molar-refractivity contribution is 1.02. The molecule has 0 fully saturated rings. The fourth-order valence-corrected chi connectivity index (χ4v) is 1.61. The summed E-state index contributed by atoms with van der Waals surface area (Å²) in [7, 11) is 3.75. The van der Waals surface area contributed by atoms with E-state index in [0.717, 1.165) is 12.8 Å². The molecule has 1 aromatic carbocycles. The monoisotopic (exact) mass is 205 g/mol. The van der Waals surface area contributed by atoms with Gasteiger partial charge in [0.15, 0.2) is 0 Å². The smallest absolute Gasteiger partial charge is 0.0167 e. The van der Waals surface area contributed by atoms with Crippen LogP contribution >= 0.6 is 0 Å². The van der Waals surface area contributed by atoms with Crippen molar-refractivity contribution in [2.75, 3.05) is 14.1 Å². The Morgan fingerprint density at radius 1 is 1.20 bits per heavy atom. The topological polar surface area (TPSA) is 12.0 Å². The van der Waals surface area contributed by atoms with Gasteiger partial charge < -0.3 is 5.32 Å². The van der Waals surface area contributed by atoms with Gasteiger partial charge in [0.25, 0.3) is 0 Å². The van der Waals surface area contributed by atoms with E-state index in [4.69, 9.17) is 0 Å². The summed E-state index contributed by atoms with van der Waals surface area (Å²) >= 11 is 0. The second kappa shape index (κ2) is 8.25. The molecule has 0 spiro atoms. The average Bonchev–Trinajstić information content (AvgIpc) is 2.28. The van der Waals surface area contributed by atoms with Crippen molar-refractivity contribution >= 4 is 6.08 Å². The van der Waals surface area contributed by atoms with Gasteiger partial charge in [-0.2, -0.15) is 0 Å². The fraction of sp³-hybridized carbons (Fsp3) is 0.429. The average molecular weight is 205 g/mol. The summed E-state index contributed by atoms with van der Waals surface area (Å²) in [6.45, 7) is 8.21. The summed E-state index contributed by atoms with van der Waals surface area (Å²) in [6.07, 6.45) is 4.16. The fourth-order valence-electron chi connectivity index (χ4n) is 1.61. The van der Waals surface area contributed by atoms with Crippen LogP contribution in [-0.2, 0) is 12.8 Å². The summed E-state index contributed by atoms with van der Waals surface area (Å²) in [5.41, 5.74) is 4.20. The van der Waals surface area contributed by atoms with Crippen LogP contribution in [0.4, 0.5) is 0 Å². The van der Waals surface area contributed by atoms with Crippen LogP contribution in [0, 0.1) is 0 Å². The molecule has 1 aromatic rings. The lowest BCUT2D eigenvalue weighted by atomic mass is 9.97. The van der Waals surface area contributed by atoms with Crippen LogP contribution in [0.2, 0.25) is 0 Å². The third-order valence-corrected chi connectivity index (χ3v) is 2.26. The zero-order valence-corrected chi connectivity index (χ0v) is 10.4. The van der Waals surface area contributed by atoms with Crippen molar-refractivity contribution in [1.29, 1.82) is 0 Å². The molecule has 0 radical (unpaired) electrons. The maximum Gasteiger partial charge on any atom is -0.0167 e. The zero-order chi connectivity index (χ0) is 11.7. The summed E-state index contributed by atoms with van der Waals surface area (Å²) in [4.78, 5) is 0. The second-order valence-electron chi connectivity index (χ2n) is 3.40. The van der Waals surface area contributed by atoms with Crippen LogP contribution in [0.15, 0.2) is 24.8 Å². The molecule has 1 heteroatoms. The summed E-state index contributed by atoms with van der Waals surface area (Å²) in [5, 5.41) is 2.75. The highest BCUT2D eigenvalue weighted by molar-refractivity contribution is 5.54. The van der Waals surface area contributed by atoms with Gasteiger partial charge in [-0.05, 0) is 43.6 Å². The third-order valence-electron chi connectivity index (χ3n) is 2.26. The van der Waals surface area contributed by atoms with Gasteiger partial charge in [0.1, 0.15) is 0 Å². The lowest BCUT2D eigenvalue weighted by Crippen LogP contribution is -1.93. The highest BCUT2D eigenvalue weighted by atomic mass is 14.7. The second-order valence-corrected chi connectivity index (χ2v) is 3.40. The minimum atomic E-state index is 1.10. The van der Waals surface area contributed by atoms with E-state index in [2.05, 4.69) is 43.9 Å². The Balaban J connectivity index is 0.000000583. The summed E-state index contributed by atoms with van der Waals surface area (Å²) in [6, 6.07) is 6.44. The van der Waals surface area contributed by atoms with Crippen molar-refractivity contribution in [3.8, 4) is 0 Å². The van der Waals surface area contributed by atoms with Crippen LogP contribution < -0.4 is 5.32 Å². The van der Waals surface area contributed by atoms with E-state index in [1.54, 1.807) is 0 Å². The molecule has 0 aliphatic heterocycles. The Morgan fingerprint density at radius 2 is 1.80 bits per heavy atom. The van der Waals surface area contributed by atoms with Crippen LogP contribution in [0.5, 0.6) is 0 Å². The van der Waals surface area contributed by atoms with Crippen molar-refractivity contribution in [2.45, 2.75) is 26.7 Å². The number of hydrogen-bond acceptors (Lipinski definition) is 1. The van der Waals surface area contributed by atoms with Gasteiger partial charge in [-0.25, -0.2) is 0 Å². The Kier molecular flexibility index (Phi) is 7.65. The number of benzene rings is 1. The standard InChI is InChI=1S/C12H16.C2H7N/c1-4-10-8-7-9-11(5-2)12(10)6-3;1-3-2/h4,7-9H,1,5-6H2,2-3H3;3H,1-2H3. The van der Waals surface area contributed by atoms with E-state index in [1.165, 1.54) is 16.7 Å². The quantitative estimate of drug-likeness (QED) is 0.798. The number of nitrogens with one attached hydrogen (secondary N) is 1. The molecule has 1 rings (SSSR count). The molecule has 0 aromatic heterocycles.